The molecule has 3 aromatic carbocycles. The number of aryl methyl sites for hydroxylation is 1. The number of carbonyl (C=O) groups is 3. The Kier molecular flexibility index (Phi) is 10.2. The standard InChI is InChI=1S/C34H39ClN4O5/c1-23-7-4-5-8-27(23)33(41)36-26-11-12-28(32(22-26)43-3)34(42)39-14-6-9-31(29-21-25(35)10-13-30(29)39)44-20-19-37-15-17-38(18-16-37)24(2)40/h4-5,7-8,10-13,21-22,31H,6,9,14-20H2,1-3H3,(H,36,41). The highest BCUT2D eigenvalue weighted by atomic mass is 35.5. The van der Waals surface area contributed by atoms with Gasteiger partial charge < -0.3 is 24.6 Å². The number of hydrogen-bond donors (Lipinski definition) is 1. The number of piperazine rings is 1. The molecular formula is C34H39ClN4O5. The Hall–Kier alpha value is -3.92. The summed E-state index contributed by atoms with van der Waals surface area (Å²) >= 11 is 6.44. The molecular weight excluding hydrogens is 580 g/mol. The summed E-state index contributed by atoms with van der Waals surface area (Å²) in [7, 11) is 1.51. The van der Waals surface area contributed by atoms with Crippen LogP contribution in [0.5, 0.6) is 5.75 Å². The molecule has 232 valence electrons. The number of fused-ring (bicyclic) bond motifs is 1. The molecule has 44 heavy (non-hydrogen) atoms. The van der Waals surface area contributed by atoms with E-state index in [0.717, 1.165) is 62.4 Å². The van der Waals surface area contributed by atoms with Gasteiger partial charge in [-0.2, -0.15) is 0 Å². The number of halogens is 1. The number of nitrogens with zero attached hydrogens (tertiary/aromatic N) is 3. The van der Waals surface area contributed by atoms with E-state index in [1.165, 1.54) is 7.11 Å². The predicted octanol–water partition coefficient (Wildman–Crippen LogP) is 5.57. The molecule has 2 aliphatic heterocycles. The van der Waals surface area contributed by atoms with Gasteiger partial charge >= 0.3 is 0 Å². The highest BCUT2D eigenvalue weighted by Crippen LogP contribution is 2.38. The first kappa shape index (κ1) is 31.5. The molecule has 2 heterocycles. The molecule has 1 unspecified atom stereocenters. The van der Waals surface area contributed by atoms with Gasteiger partial charge in [0.25, 0.3) is 11.8 Å². The van der Waals surface area contributed by atoms with Gasteiger partial charge in [-0.1, -0.05) is 29.8 Å². The average Bonchev–Trinajstić information content (AvgIpc) is 3.20. The Morgan fingerprint density at radius 2 is 1.73 bits per heavy atom. The van der Waals surface area contributed by atoms with Crippen molar-refractivity contribution in [3.8, 4) is 5.75 Å². The van der Waals surface area contributed by atoms with Crippen LogP contribution in [0, 0.1) is 6.92 Å². The summed E-state index contributed by atoms with van der Waals surface area (Å²) in [6.45, 7) is 8.43. The number of amides is 3. The van der Waals surface area contributed by atoms with E-state index in [1.54, 1.807) is 42.2 Å². The number of carbonyl (C=O) groups excluding carboxylic acids is 3. The maximum Gasteiger partial charge on any atom is 0.262 e. The number of ether oxygens (including phenoxy) is 2. The minimum absolute atomic E-state index is 0.116. The molecule has 1 N–H and O–H groups in total. The Morgan fingerprint density at radius 1 is 0.955 bits per heavy atom. The van der Waals surface area contributed by atoms with Crippen LogP contribution in [-0.4, -0.2) is 80.5 Å². The summed E-state index contributed by atoms with van der Waals surface area (Å²) in [5.41, 5.74) is 4.02. The van der Waals surface area contributed by atoms with Crippen molar-refractivity contribution in [2.75, 3.05) is 63.2 Å². The maximum atomic E-state index is 14.0. The van der Waals surface area contributed by atoms with Gasteiger partial charge in [-0.05, 0) is 61.7 Å². The van der Waals surface area contributed by atoms with Crippen molar-refractivity contribution in [3.05, 3.63) is 87.9 Å². The summed E-state index contributed by atoms with van der Waals surface area (Å²) in [6.07, 6.45) is 1.28. The van der Waals surface area contributed by atoms with Crippen LogP contribution in [-0.2, 0) is 9.53 Å². The van der Waals surface area contributed by atoms with E-state index in [1.807, 2.05) is 42.2 Å². The van der Waals surface area contributed by atoms with Gasteiger partial charge in [0.1, 0.15) is 5.75 Å². The lowest BCUT2D eigenvalue weighted by molar-refractivity contribution is -0.130. The largest absolute Gasteiger partial charge is 0.496 e. The highest BCUT2D eigenvalue weighted by molar-refractivity contribution is 6.30. The summed E-state index contributed by atoms with van der Waals surface area (Å²) in [5.74, 6) is 0.0542. The molecule has 1 fully saturated rings. The molecule has 0 aliphatic carbocycles. The quantitative estimate of drug-likeness (QED) is 0.355. The third kappa shape index (κ3) is 7.23. The van der Waals surface area contributed by atoms with Crippen molar-refractivity contribution in [2.45, 2.75) is 32.8 Å². The molecule has 0 saturated carbocycles. The van der Waals surface area contributed by atoms with Gasteiger partial charge in [-0.15, -0.1) is 0 Å². The molecule has 1 saturated heterocycles. The lowest BCUT2D eigenvalue weighted by atomic mass is 10.0. The zero-order valence-electron chi connectivity index (χ0n) is 25.5. The van der Waals surface area contributed by atoms with Gasteiger partial charge in [0, 0.05) is 79.8 Å². The molecule has 0 bridgehead atoms. The van der Waals surface area contributed by atoms with Crippen molar-refractivity contribution in [1.82, 2.24) is 9.80 Å². The van der Waals surface area contributed by atoms with Crippen LogP contribution in [0.2, 0.25) is 5.02 Å². The molecule has 10 heteroatoms. The third-order valence-electron chi connectivity index (χ3n) is 8.34. The van der Waals surface area contributed by atoms with Gasteiger partial charge in [-0.25, -0.2) is 0 Å². The minimum Gasteiger partial charge on any atom is -0.496 e. The van der Waals surface area contributed by atoms with Gasteiger partial charge in [0.2, 0.25) is 5.91 Å². The summed E-state index contributed by atoms with van der Waals surface area (Å²) in [6, 6.07) is 18.0. The summed E-state index contributed by atoms with van der Waals surface area (Å²) in [5, 5.41) is 3.49. The number of anilines is 2. The summed E-state index contributed by atoms with van der Waals surface area (Å²) in [4.78, 5) is 44.5. The van der Waals surface area contributed by atoms with Gasteiger partial charge in [0.05, 0.1) is 25.4 Å². The van der Waals surface area contributed by atoms with Crippen LogP contribution in [0.25, 0.3) is 0 Å². The SMILES string of the molecule is COc1cc(NC(=O)c2ccccc2C)ccc1C(=O)N1CCCC(OCCN2CCN(C(C)=O)CC2)c2cc(Cl)ccc21. The van der Waals surface area contributed by atoms with E-state index < -0.39 is 0 Å². The molecule has 1 atom stereocenters. The second-order valence-corrected chi connectivity index (χ2v) is 11.6. The van der Waals surface area contributed by atoms with E-state index in [4.69, 9.17) is 21.1 Å². The van der Waals surface area contributed by atoms with Crippen molar-refractivity contribution in [1.29, 1.82) is 0 Å². The van der Waals surface area contributed by atoms with Crippen molar-refractivity contribution in [3.63, 3.8) is 0 Å². The minimum atomic E-state index is -0.230. The van der Waals surface area contributed by atoms with E-state index >= 15 is 0 Å². The number of nitrogens with one attached hydrogen (secondary N) is 1. The topological polar surface area (TPSA) is 91.4 Å². The second-order valence-electron chi connectivity index (χ2n) is 11.2. The second kappa shape index (κ2) is 14.2. The zero-order chi connectivity index (χ0) is 31.2. The van der Waals surface area contributed by atoms with Crippen LogP contribution in [0.3, 0.4) is 0 Å². The highest BCUT2D eigenvalue weighted by Gasteiger charge is 2.30. The monoisotopic (exact) mass is 618 g/mol. The van der Waals surface area contributed by atoms with Crippen LogP contribution in [0.1, 0.15) is 57.7 Å². The first-order valence-corrected chi connectivity index (χ1v) is 15.4. The van der Waals surface area contributed by atoms with Crippen LogP contribution in [0.4, 0.5) is 11.4 Å². The van der Waals surface area contributed by atoms with Crippen molar-refractivity contribution < 1.29 is 23.9 Å². The lowest BCUT2D eigenvalue weighted by Crippen LogP contribution is -2.48. The van der Waals surface area contributed by atoms with E-state index in [2.05, 4.69) is 10.2 Å². The number of benzene rings is 3. The third-order valence-corrected chi connectivity index (χ3v) is 8.58. The first-order chi connectivity index (χ1) is 21.2. The Morgan fingerprint density at radius 3 is 2.45 bits per heavy atom. The first-order valence-electron chi connectivity index (χ1n) is 15.0. The maximum absolute atomic E-state index is 14.0. The molecule has 3 amide bonds. The molecule has 2 aliphatic rings. The fraction of sp³-hybridized carbons (Fsp3) is 0.382. The van der Waals surface area contributed by atoms with E-state index in [-0.39, 0.29) is 23.8 Å². The molecule has 3 aromatic rings. The van der Waals surface area contributed by atoms with Gasteiger partial charge in [-0.3, -0.25) is 19.3 Å². The van der Waals surface area contributed by atoms with Crippen LogP contribution in [0.15, 0.2) is 60.7 Å². The Bertz CT molecular complexity index is 1520. The van der Waals surface area contributed by atoms with E-state index in [9.17, 15) is 14.4 Å². The molecule has 5 rings (SSSR count). The van der Waals surface area contributed by atoms with Crippen LogP contribution < -0.4 is 15.0 Å². The molecule has 0 radical (unpaired) electrons. The van der Waals surface area contributed by atoms with Crippen molar-refractivity contribution in [2.24, 2.45) is 0 Å². The van der Waals surface area contributed by atoms with Gasteiger partial charge in [0.15, 0.2) is 0 Å². The Labute approximate surface area is 263 Å². The normalized spacial score (nSPS) is 17.0. The van der Waals surface area contributed by atoms with Crippen LogP contribution >= 0.6 is 11.6 Å². The Balaban J connectivity index is 1.30. The molecule has 0 spiro atoms. The molecule has 0 aromatic heterocycles. The van der Waals surface area contributed by atoms with E-state index in [0.29, 0.717) is 40.7 Å². The predicted molar refractivity (Wildman–Crippen MR) is 172 cm³/mol. The molecule has 9 nitrogen and oxygen atoms in total. The fourth-order valence-electron chi connectivity index (χ4n) is 5.85. The number of rotatable bonds is 8. The number of hydrogen-bond acceptors (Lipinski definition) is 6. The average molecular weight is 619 g/mol. The number of methoxy groups -OCH3 is 1. The fourth-order valence-corrected chi connectivity index (χ4v) is 6.03. The smallest absolute Gasteiger partial charge is 0.262 e. The summed E-state index contributed by atoms with van der Waals surface area (Å²) < 4.78 is 12.0. The zero-order valence-corrected chi connectivity index (χ0v) is 26.2. The van der Waals surface area contributed by atoms with Crippen molar-refractivity contribution >= 4 is 40.7 Å². The lowest BCUT2D eigenvalue weighted by Gasteiger charge is -2.34.